The smallest absolute Gasteiger partial charge is 0.257 e. The van der Waals surface area contributed by atoms with Crippen LogP contribution in [-0.2, 0) is 0 Å². The first-order chi connectivity index (χ1) is 12.1. The lowest BCUT2D eigenvalue weighted by Gasteiger charge is -2.07. The number of hydrogen-bond acceptors (Lipinski definition) is 7. The van der Waals surface area contributed by atoms with Crippen LogP contribution >= 0.6 is 11.3 Å². The third kappa shape index (κ3) is 3.71. The number of aromatic nitrogens is 6. The Bertz CT molecular complexity index is 855. The third-order valence-corrected chi connectivity index (χ3v) is 5.05. The van der Waals surface area contributed by atoms with Crippen LogP contribution in [0.15, 0.2) is 24.5 Å². The molecule has 1 N–H and O–H groups in total. The SMILES string of the molecule is CCC(CC)c1nnc(NC(=O)c2ccc(-n3cnnn3)c(C)c2)s1. The fourth-order valence-corrected chi connectivity index (χ4v) is 3.59. The minimum atomic E-state index is -0.210. The van der Waals surface area contributed by atoms with Gasteiger partial charge < -0.3 is 0 Å². The lowest BCUT2D eigenvalue weighted by Crippen LogP contribution is -2.12. The number of tetrazole rings is 1. The number of amides is 1. The van der Waals surface area contributed by atoms with Crippen LogP contribution in [-0.4, -0.2) is 36.3 Å². The van der Waals surface area contributed by atoms with Crippen molar-refractivity contribution in [2.75, 3.05) is 5.32 Å². The standard InChI is InChI=1S/C16H19N7OS/c1-4-11(5-2)15-19-20-16(25-15)18-14(24)12-6-7-13(10(3)8-12)23-9-17-21-22-23/h6-9,11H,4-5H2,1-3H3,(H,18,20,24). The van der Waals surface area contributed by atoms with Crippen molar-refractivity contribution in [3.63, 3.8) is 0 Å². The molecule has 2 aromatic heterocycles. The van der Waals surface area contributed by atoms with Gasteiger partial charge in [0.05, 0.1) is 5.69 Å². The molecule has 9 heteroatoms. The maximum absolute atomic E-state index is 12.5. The quantitative estimate of drug-likeness (QED) is 0.728. The first kappa shape index (κ1) is 17.2. The van der Waals surface area contributed by atoms with Crippen molar-refractivity contribution in [1.82, 2.24) is 30.4 Å². The number of anilines is 1. The molecule has 0 spiro atoms. The van der Waals surface area contributed by atoms with Gasteiger partial charge >= 0.3 is 0 Å². The lowest BCUT2D eigenvalue weighted by atomic mass is 10.1. The summed E-state index contributed by atoms with van der Waals surface area (Å²) in [7, 11) is 0. The van der Waals surface area contributed by atoms with Crippen LogP contribution in [0.5, 0.6) is 0 Å². The number of carbonyl (C=O) groups is 1. The Morgan fingerprint density at radius 1 is 1.28 bits per heavy atom. The molecule has 25 heavy (non-hydrogen) atoms. The molecule has 8 nitrogen and oxygen atoms in total. The molecule has 3 rings (SSSR count). The van der Waals surface area contributed by atoms with E-state index in [9.17, 15) is 4.79 Å². The van der Waals surface area contributed by atoms with Gasteiger partial charge in [-0.1, -0.05) is 25.2 Å². The van der Waals surface area contributed by atoms with Gasteiger partial charge in [-0.3, -0.25) is 10.1 Å². The molecule has 0 radical (unpaired) electrons. The minimum absolute atomic E-state index is 0.210. The van der Waals surface area contributed by atoms with E-state index < -0.39 is 0 Å². The molecule has 0 bridgehead atoms. The zero-order valence-corrected chi connectivity index (χ0v) is 15.1. The van der Waals surface area contributed by atoms with E-state index in [0.29, 0.717) is 16.6 Å². The van der Waals surface area contributed by atoms with E-state index in [2.05, 4.69) is 44.9 Å². The largest absolute Gasteiger partial charge is 0.296 e. The number of nitrogens with one attached hydrogen (secondary N) is 1. The second kappa shape index (κ2) is 7.47. The predicted molar refractivity (Wildman–Crippen MR) is 95.1 cm³/mol. The number of benzene rings is 1. The monoisotopic (exact) mass is 357 g/mol. The van der Waals surface area contributed by atoms with Gasteiger partial charge in [0.2, 0.25) is 5.13 Å². The van der Waals surface area contributed by atoms with Gasteiger partial charge in [-0.25, -0.2) is 4.68 Å². The van der Waals surface area contributed by atoms with Crippen LogP contribution in [0.4, 0.5) is 5.13 Å². The van der Waals surface area contributed by atoms with E-state index in [-0.39, 0.29) is 5.91 Å². The van der Waals surface area contributed by atoms with Gasteiger partial charge in [-0.2, -0.15) is 0 Å². The van der Waals surface area contributed by atoms with Gasteiger partial charge in [0.25, 0.3) is 5.91 Å². The van der Waals surface area contributed by atoms with Crippen LogP contribution in [0.25, 0.3) is 5.69 Å². The predicted octanol–water partition coefficient (Wildman–Crippen LogP) is 2.98. The highest BCUT2D eigenvalue weighted by atomic mass is 32.1. The number of hydrogen-bond donors (Lipinski definition) is 1. The summed E-state index contributed by atoms with van der Waals surface area (Å²) in [5.74, 6) is 0.180. The van der Waals surface area contributed by atoms with E-state index >= 15 is 0 Å². The summed E-state index contributed by atoms with van der Waals surface area (Å²) in [6, 6.07) is 5.35. The molecular weight excluding hydrogens is 338 g/mol. The van der Waals surface area contributed by atoms with Crippen molar-refractivity contribution < 1.29 is 4.79 Å². The van der Waals surface area contributed by atoms with Crippen LogP contribution in [0.2, 0.25) is 0 Å². The number of carbonyl (C=O) groups excluding carboxylic acids is 1. The average Bonchev–Trinajstić information content (AvgIpc) is 3.28. The first-order valence-electron chi connectivity index (χ1n) is 8.11. The van der Waals surface area contributed by atoms with E-state index in [1.54, 1.807) is 16.8 Å². The van der Waals surface area contributed by atoms with Crippen molar-refractivity contribution in [2.24, 2.45) is 0 Å². The molecule has 0 aliphatic rings. The second-order valence-corrected chi connectivity index (χ2v) is 6.68. The van der Waals surface area contributed by atoms with Crippen molar-refractivity contribution in [1.29, 1.82) is 0 Å². The maximum Gasteiger partial charge on any atom is 0.257 e. The summed E-state index contributed by atoms with van der Waals surface area (Å²) in [5, 5.41) is 23.7. The van der Waals surface area contributed by atoms with Crippen LogP contribution < -0.4 is 5.32 Å². The Labute approximate surface area is 149 Å². The molecule has 3 aromatic rings. The zero-order valence-electron chi connectivity index (χ0n) is 14.3. The maximum atomic E-state index is 12.5. The first-order valence-corrected chi connectivity index (χ1v) is 8.92. The van der Waals surface area contributed by atoms with E-state index in [1.807, 2.05) is 13.0 Å². The van der Waals surface area contributed by atoms with Gasteiger partial charge in [-0.15, -0.1) is 15.3 Å². The normalized spacial score (nSPS) is 11.0. The summed E-state index contributed by atoms with van der Waals surface area (Å²) in [6.45, 7) is 6.16. The van der Waals surface area contributed by atoms with Gasteiger partial charge in [0.1, 0.15) is 11.3 Å². The number of nitrogens with zero attached hydrogens (tertiary/aromatic N) is 6. The summed E-state index contributed by atoms with van der Waals surface area (Å²) in [5.41, 5.74) is 2.28. The number of rotatable bonds is 6. The van der Waals surface area contributed by atoms with E-state index in [0.717, 1.165) is 29.1 Å². The highest BCUT2D eigenvalue weighted by Crippen LogP contribution is 2.28. The highest BCUT2D eigenvalue weighted by molar-refractivity contribution is 7.15. The van der Waals surface area contributed by atoms with Crippen molar-refractivity contribution in [3.8, 4) is 5.69 Å². The molecule has 0 fully saturated rings. The lowest BCUT2D eigenvalue weighted by molar-refractivity contribution is 0.102. The van der Waals surface area contributed by atoms with E-state index in [1.165, 1.54) is 17.7 Å². The van der Waals surface area contributed by atoms with Gasteiger partial charge in [-0.05, 0) is 54.0 Å². The summed E-state index contributed by atoms with van der Waals surface area (Å²) in [4.78, 5) is 12.5. The second-order valence-electron chi connectivity index (χ2n) is 5.67. The Kier molecular flexibility index (Phi) is 5.13. The topological polar surface area (TPSA) is 98.5 Å². The molecular formula is C16H19N7OS. The fourth-order valence-electron chi connectivity index (χ4n) is 2.58. The van der Waals surface area contributed by atoms with Crippen LogP contribution in [0.3, 0.4) is 0 Å². The van der Waals surface area contributed by atoms with E-state index in [4.69, 9.17) is 0 Å². The fraction of sp³-hybridized carbons (Fsp3) is 0.375. The molecule has 0 unspecified atom stereocenters. The molecule has 0 saturated heterocycles. The average molecular weight is 357 g/mol. The Hall–Kier alpha value is -2.68. The zero-order chi connectivity index (χ0) is 17.8. The Morgan fingerprint density at radius 3 is 2.72 bits per heavy atom. The Balaban J connectivity index is 1.74. The third-order valence-electron chi connectivity index (χ3n) is 4.05. The summed E-state index contributed by atoms with van der Waals surface area (Å²) < 4.78 is 1.56. The molecule has 2 heterocycles. The molecule has 0 atom stereocenters. The number of aryl methyl sites for hydroxylation is 1. The highest BCUT2D eigenvalue weighted by Gasteiger charge is 2.16. The molecule has 130 valence electrons. The van der Waals surface area contributed by atoms with Crippen molar-refractivity contribution in [2.45, 2.75) is 39.5 Å². The molecule has 0 saturated carbocycles. The van der Waals surface area contributed by atoms with Crippen LogP contribution in [0.1, 0.15) is 53.5 Å². The molecule has 1 amide bonds. The summed E-state index contributed by atoms with van der Waals surface area (Å²) in [6.07, 6.45) is 3.54. The van der Waals surface area contributed by atoms with Gasteiger partial charge in [0, 0.05) is 11.5 Å². The minimum Gasteiger partial charge on any atom is -0.296 e. The van der Waals surface area contributed by atoms with Crippen molar-refractivity contribution in [3.05, 3.63) is 40.7 Å². The van der Waals surface area contributed by atoms with Crippen LogP contribution in [0, 0.1) is 6.92 Å². The van der Waals surface area contributed by atoms with Crippen molar-refractivity contribution >= 4 is 22.4 Å². The molecule has 0 aliphatic heterocycles. The summed E-state index contributed by atoms with van der Waals surface area (Å²) >= 11 is 1.43. The Morgan fingerprint density at radius 2 is 2.08 bits per heavy atom. The molecule has 1 aromatic carbocycles. The van der Waals surface area contributed by atoms with Gasteiger partial charge in [0.15, 0.2) is 0 Å². The molecule has 0 aliphatic carbocycles.